The van der Waals surface area contributed by atoms with Crippen LogP contribution in [0.25, 0.3) is 0 Å². The van der Waals surface area contributed by atoms with E-state index in [1.165, 1.54) is 17.0 Å². The van der Waals surface area contributed by atoms with Crippen LogP contribution in [0.2, 0.25) is 0 Å². The second-order valence-corrected chi connectivity index (χ2v) is 16.0. The Kier molecular flexibility index (Phi) is 12.8. The Labute approximate surface area is 322 Å². The number of piperidine rings is 1. The maximum atomic E-state index is 15.0. The highest BCUT2D eigenvalue weighted by atomic mass is 19.4. The zero-order valence-corrected chi connectivity index (χ0v) is 32.3. The largest absolute Gasteiger partial charge is 0.490 e. The first-order valence-electron chi connectivity index (χ1n) is 17.8. The number of aliphatic carboxylic acids is 2. The second-order valence-electron chi connectivity index (χ2n) is 16.0. The lowest BCUT2D eigenvalue weighted by Crippen LogP contribution is -3.17. The molecule has 1 amide bonds. The Bertz CT molecular complexity index is 1930. The number of likely N-dealkylation sites (tertiary alicyclic amines) is 2. The zero-order valence-electron chi connectivity index (χ0n) is 32.3. The van der Waals surface area contributed by atoms with Gasteiger partial charge in [-0.2, -0.15) is 31.4 Å². The number of hydrogen-bond donors (Lipinski definition) is 3. The first kappa shape index (κ1) is 45.0. The zero-order chi connectivity index (χ0) is 43.1. The number of carboxylic acid groups (broad SMARTS) is 2. The number of nitrogens with zero attached hydrogens (tertiary/aromatic N) is 4. The van der Waals surface area contributed by atoms with Gasteiger partial charge in [-0.3, -0.25) is 9.48 Å². The van der Waals surface area contributed by atoms with E-state index in [1.807, 2.05) is 18.1 Å². The molecule has 3 aliphatic rings. The van der Waals surface area contributed by atoms with Crippen LogP contribution in [0.1, 0.15) is 87.7 Å². The van der Waals surface area contributed by atoms with Crippen molar-refractivity contribution in [1.82, 2.24) is 19.7 Å². The molecule has 57 heavy (non-hydrogen) atoms. The molecule has 0 aliphatic carbocycles. The summed E-state index contributed by atoms with van der Waals surface area (Å²) >= 11 is 0. The first-order valence-corrected chi connectivity index (χ1v) is 17.8. The Morgan fingerprint density at radius 1 is 0.912 bits per heavy atom. The Morgan fingerprint density at radius 3 is 1.95 bits per heavy atom. The van der Waals surface area contributed by atoms with Crippen molar-refractivity contribution >= 4 is 17.8 Å². The van der Waals surface area contributed by atoms with Crippen molar-refractivity contribution in [3.05, 3.63) is 76.6 Å². The lowest BCUT2D eigenvalue weighted by atomic mass is 9.80. The number of ether oxygens (including phenoxy) is 1. The molecule has 4 N–H and O–H groups in total. The average Bonchev–Trinajstić information content (AvgIpc) is 3.81. The summed E-state index contributed by atoms with van der Waals surface area (Å²) in [7, 11) is 1.86. The first-order chi connectivity index (χ1) is 26.1. The normalized spacial score (nSPS) is 21.9. The number of amides is 1. The molecule has 0 bridgehead atoms. The van der Waals surface area contributed by atoms with E-state index in [2.05, 4.69) is 62.7 Å². The van der Waals surface area contributed by atoms with E-state index < -0.39 is 46.9 Å². The predicted octanol–water partition coefficient (Wildman–Crippen LogP) is 4.45. The van der Waals surface area contributed by atoms with E-state index in [4.69, 9.17) is 24.5 Å². The van der Waals surface area contributed by atoms with Gasteiger partial charge in [0.25, 0.3) is 0 Å². The number of hydrogen-bond acceptors (Lipinski definition) is 6. The summed E-state index contributed by atoms with van der Waals surface area (Å²) in [5.41, 5.74) is 2.58. The molecule has 2 fully saturated rings. The van der Waals surface area contributed by atoms with Crippen molar-refractivity contribution in [2.45, 2.75) is 95.3 Å². The van der Waals surface area contributed by atoms with Crippen molar-refractivity contribution in [1.29, 1.82) is 0 Å². The van der Waals surface area contributed by atoms with Crippen LogP contribution in [-0.2, 0) is 37.2 Å². The number of benzene rings is 1. The van der Waals surface area contributed by atoms with Gasteiger partial charge in [-0.25, -0.2) is 28.3 Å². The fourth-order valence-electron chi connectivity index (χ4n) is 7.46. The highest BCUT2D eigenvalue weighted by molar-refractivity contribution is 5.80. The third-order valence-electron chi connectivity index (χ3n) is 10.6. The third kappa shape index (κ3) is 10.1. The second kappa shape index (κ2) is 16.3. The number of halogens is 8. The molecule has 12 nitrogen and oxygen atoms in total. The van der Waals surface area contributed by atoms with Gasteiger partial charge in [0.15, 0.2) is 17.6 Å². The van der Waals surface area contributed by atoms with Gasteiger partial charge in [0.05, 0.1) is 41.4 Å². The molecular formula is C37H46F8N6O6+2. The number of aromatic nitrogens is 4. The van der Waals surface area contributed by atoms with E-state index in [9.17, 15) is 35.5 Å². The van der Waals surface area contributed by atoms with E-state index >= 15 is 4.39 Å². The van der Waals surface area contributed by atoms with Crippen molar-refractivity contribution in [2.24, 2.45) is 13.0 Å². The highest BCUT2D eigenvalue weighted by Gasteiger charge is 2.57. The van der Waals surface area contributed by atoms with E-state index in [1.54, 1.807) is 11.0 Å². The average molecular weight is 823 g/mol. The van der Waals surface area contributed by atoms with E-state index in [0.29, 0.717) is 44.6 Å². The number of quaternary nitrogens is 1. The van der Waals surface area contributed by atoms with E-state index in [-0.39, 0.29) is 29.4 Å². The Hall–Kier alpha value is -4.72. The Morgan fingerprint density at radius 2 is 1.47 bits per heavy atom. The molecule has 0 saturated carbocycles. The number of carboxylic acids is 2. The number of alkyl halides is 6. The molecule has 0 radical (unpaired) electrons. The monoisotopic (exact) mass is 822 g/mol. The predicted molar refractivity (Wildman–Crippen MR) is 184 cm³/mol. The molecule has 3 aromatic rings. The van der Waals surface area contributed by atoms with Crippen LogP contribution in [0.3, 0.4) is 0 Å². The van der Waals surface area contributed by atoms with E-state index in [0.717, 1.165) is 28.7 Å². The molecule has 2 saturated heterocycles. The van der Waals surface area contributed by atoms with Gasteiger partial charge >= 0.3 is 24.3 Å². The lowest BCUT2D eigenvalue weighted by Gasteiger charge is -2.40. The number of rotatable bonds is 4. The van der Waals surface area contributed by atoms with Crippen molar-refractivity contribution < 1.29 is 74.3 Å². The summed E-state index contributed by atoms with van der Waals surface area (Å²) in [6.45, 7) is 15.1. The minimum Gasteiger partial charge on any atom is -0.475 e. The summed E-state index contributed by atoms with van der Waals surface area (Å²) in [5.74, 6) is -6.61. The summed E-state index contributed by atoms with van der Waals surface area (Å²) in [6.07, 6.45) is -5.41. The molecule has 1 spiro atoms. The molecule has 2 aromatic heterocycles. The van der Waals surface area contributed by atoms with Crippen LogP contribution in [0.4, 0.5) is 35.1 Å². The molecule has 20 heteroatoms. The van der Waals surface area contributed by atoms with Crippen LogP contribution in [0.5, 0.6) is 0 Å². The smallest absolute Gasteiger partial charge is 0.475 e. The number of carbonyl (C=O) groups is 3. The van der Waals surface area contributed by atoms with Gasteiger partial charge in [0.1, 0.15) is 24.1 Å². The number of aryl methyl sites for hydroxylation is 2. The van der Waals surface area contributed by atoms with Crippen LogP contribution in [0.15, 0.2) is 36.8 Å². The quantitative estimate of drug-likeness (QED) is 0.327. The molecular weight excluding hydrogens is 776 g/mol. The maximum Gasteiger partial charge on any atom is 0.490 e. The number of pyridine rings is 1. The molecule has 3 unspecified atom stereocenters. The number of fused-ring (bicyclic) bond motifs is 2. The minimum absolute atomic E-state index is 0.0449. The van der Waals surface area contributed by atoms with Gasteiger partial charge in [-0.1, -0.05) is 6.07 Å². The fraction of sp³-hybridized carbons (Fsp3) is 0.568. The van der Waals surface area contributed by atoms with Gasteiger partial charge in [0, 0.05) is 44.6 Å². The molecule has 1 aromatic carbocycles. The van der Waals surface area contributed by atoms with Gasteiger partial charge in [0.2, 0.25) is 11.6 Å². The Balaban J connectivity index is 0.000000440. The SMILES string of the molecule is Cc1c[nH+]c2c(c1)C(C(C)(C)c1ncn(C)n1)OC21CCN(C(=O)C2C[NH+](C(C)(C)C)C[C@H]2c2ccc(F)cc2F)CC1.O=C(O)C(F)(F)F.O=C(O)C(F)(F)F. The third-order valence-corrected chi connectivity index (χ3v) is 10.6. The molecule has 4 atom stereocenters. The molecule has 314 valence electrons. The van der Waals surface area contributed by atoms with Crippen LogP contribution < -0.4 is 9.88 Å². The fourth-order valence-corrected chi connectivity index (χ4v) is 7.46. The molecule has 6 rings (SSSR count). The highest BCUT2D eigenvalue weighted by Crippen LogP contribution is 2.53. The maximum absolute atomic E-state index is 15.0. The minimum atomic E-state index is -5.08. The van der Waals surface area contributed by atoms with Gasteiger partial charge in [-0.15, -0.1) is 0 Å². The van der Waals surface area contributed by atoms with Crippen LogP contribution >= 0.6 is 0 Å². The summed E-state index contributed by atoms with van der Waals surface area (Å²) in [6, 6.07) is 5.94. The molecule has 3 aliphatic heterocycles. The number of H-pyrrole nitrogens is 1. The summed E-state index contributed by atoms with van der Waals surface area (Å²) in [4.78, 5) is 43.3. The van der Waals surface area contributed by atoms with Crippen molar-refractivity contribution in [2.75, 3.05) is 26.2 Å². The van der Waals surface area contributed by atoms with Crippen LogP contribution in [0, 0.1) is 24.5 Å². The lowest BCUT2D eigenvalue weighted by molar-refractivity contribution is -0.936. The number of carbonyl (C=O) groups excluding carboxylic acids is 1. The topological polar surface area (TPSA) is 153 Å². The summed E-state index contributed by atoms with van der Waals surface area (Å²) < 4.78 is 101. The van der Waals surface area contributed by atoms with Crippen LogP contribution in [-0.4, -0.2) is 91.8 Å². The number of aromatic amines is 1. The standard InChI is InChI=1S/C33H42F2N6O2.2C2HF3O2/c1-20-14-23-27(36-16-20)33(43-28(23)32(5,6)30-37-19-39(7)38-30)10-12-40(13-11-33)29(42)25-18-41(31(2,3)4)17-24(25)22-9-8-21(34)15-26(22)35;2*3-2(4,5)1(6)7/h8-9,14-16,19,24-25,28H,10-13,17-18H2,1-7H3;2*(H,6,7)/p+2/t24-,25?,28?;;/m0../s1. The van der Waals surface area contributed by atoms with Gasteiger partial charge in [-0.05, 0) is 59.2 Å². The van der Waals surface area contributed by atoms with Gasteiger partial charge < -0.3 is 24.7 Å². The molecule has 5 heterocycles. The van der Waals surface area contributed by atoms with Crippen molar-refractivity contribution in [3.63, 3.8) is 0 Å². The number of nitrogens with one attached hydrogen (secondary N) is 2. The summed E-state index contributed by atoms with van der Waals surface area (Å²) in [5, 5.41) is 18.9. The van der Waals surface area contributed by atoms with Crippen molar-refractivity contribution in [3.8, 4) is 0 Å².